The van der Waals surface area contributed by atoms with Crippen molar-refractivity contribution in [2.24, 2.45) is 0 Å². The van der Waals surface area contributed by atoms with Crippen LogP contribution in [0.2, 0.25) is 0 Å². The van der Waals surface area contributed by atoms with Crippen LogP contribution < -0.4 is 20.3 Å². The van der Waals surface area contributed by atoms with Gasteiger partial charge in [0.2, 0.25) is 6.79 Å². The third-order valence-electron chi connectivity index (χ3n) is 6.09. The molecule has 0 bridgehead atoms. The van der Waals surface area contributed by atoms with E-state index in [2.05, 4.69) is 20.1 Å². The molecule has 0 spiro atoms. The van der Waals surface area contributed by atoms with Gasteiger partial charge >= 0.3 is 0 Å². The molecule has 178 valence electrons. The fraction of sp³-hybridized carbons (Fsp3) is 0.360. The molecule has 1 aromatic heterocycles. The van der Waals surface area contributed by atoms with Crippen LogP contribution in [0.15, 0.2) is 53.3 Å². The second-order valence-electron chi connectivity index (χ2n) is 8.44. The summed E-state index contributed by atoms with van der Waals surface area (Å²) in [5, 5.41) is 4.81. The number of morpholine rings is 1. The number of nitrogens with one attached hydrogen (secondary N) is 2. The van der Waals surface area contributed by atoms with Crippen molar-refractivity contribution in [3.8, 4) is 11.5 Å². The summed E-state index contributed by atoms with van der Waals surface area (Å²) in [6.07, 6.45) is 0.931. The number of nitrogens with zero attached hydrogens (tertiary/aromatic N) is 2. The van der Waals surface area contributed by atoms with Crippen molar-refractivity contribution < 1.29 is 14.2 Å². The molecule has 0 atom stereocenters. The number of hydrogen-bond donors (Lipinski definition) is 2. The van der Waals surface area contributed by atoms with Crippen molar-refractivity contribution in [1.29, 1.82) is 0 Å². The molecular formula is C25H28N4O4S. The van der Waals surface area contributed by atoms with Gasteiger partial charge in [0.05, 0.1) is 25.3 Å². The van der Waals surface area contributed by atoms with Crippen LogP contribution in [0.4, 0.5) is 5.69 Å². The topological polar surface area (TPSA) is 79.1 Å². The Balaban J connectivity index is 1.34. The average molecular weight is 481 g/mol. The van der Waals surface area contributed by atoms with Gasteiger partial charge in [-0.25, -0.2) is 0 Å². The molecule has 2 aliphatic heterocycles. The van der Waals surface area contributed by atoms with Crippen LogP contribution in [0.5, 0.6) is 11.5 Å². The van der Waals surface area contributed by atoms with E-state index in [1.807, 2.05) is 48.5 Å². The lowest BCUT2D eigenvalue weighted by atomic mass is 10.1. The Morgan fingerprint density at radius 3 is 2.65 bits per heavy atom. The number of para-hydroxylation sites is 1. The largest absolute Gasteiger partial charge is 0.454 e. The Hall–Kier alpha value is -3.14. The lowest BCUT2D eigenvalue weighted by Gasteiger charge is -2.29. The lowest BCUT2D eigenvalue weighted by molar-refractivity contribution is 0.0367. The van der Waals surface area contributed by atoms with Crippen LogP contribution in [0.3, 0.4) is 0 Å². The minimum Gasteiger partial charge on any atom is -0.454 e. The third kappa shape index (κ3) is 5.32. The Morgan fingerprint density at radius 1 is 1.09 bits per heavy atom. The van der Waals surface area contributed by atoms with Crippen molar-refractivity contribution in [2.75, 3.05) is 51.5 Å². The Kier molecular flexibility index (Phi) is 6.94. The van der Waals surface area contributed by atoms with Crippen LogP contribution in [0.25, 0.3) is 10.9 Å². The van der Waals surface area contributed by atoms with Crippen LogP contribution in [-0.2, 0) is 11.3 Å². The summed E-state index contributed by atoms with van der Waals surface area (Å²) in [5.74, 6) is 1.34. The molecule has 0 unspecified atom stereocenters. The van der Waals surface area contributed by atoms with Gasteiger partial charge in [-0.15, -0.1) is 0 Å². The smallest absolute Gasteiger partial charge is 0.253 e. The van der Waals surface area contributed by atoms with E-state index >= 15 is 0 Å². The zero-order valence-corrected chi connectivity index (χ0v) is 19.7. The predicted molar refractivity (Wildman–Crippen MR) is 136 cm³/mol. The van der Waals surface area contributed by atoms with Crippen LogP contribution >= 0.6 is 12.2 Å². The first-order valence-electron chi connectivity index (χ1n) is 11.5. The lowest BCUT2D eigenvalue weighted by Crippen LogP contribution is -2.40. The van der Waals surface area contributed by atoms with Crippen molar-refractivity contribution in [3.05, 3.63) is 64.4 Å². The average Bonchev–Trinajstić information content (AvgIpc) is 3.31. The summed E-state index contributed by atoms with van der Waals surface area (Å²) in [6.45, 7) is 5.76. The zero-order chi connectivity index (χ0) is 23.3. The van der Waals surface area contributed by atoms with E-state index in [4.69, 9.17) is 26.4 Å². The summed E-state index contributed by atoms with van der Waals surface area (Å²) in [7, 11) is 0. The van der Waals surface area contributed by atoms with Crippen molar-refractivity contribution in [1.82, 2.24) is 14.8 Å². The standard InChI is InChI=1S/C25H28N4O4S/c30-24-19(13-18-14-22-23(33-17-32-22)15-21(18)27-24)16-29(8-4-7-28-9-11-31-12-10-28)25(34)26-20-5-2-1-3-6-20/h1-3,5-6,13-15H,4,7-12,16-17H2,(H,26,34)(H,27,30). The van der Waals surface area contributed by atoms with E-state index in [-0.39, 0.29) is 12.4 Å². The summed E-state index contributed by atoms with van der Waals surface area (Å²) in [6, 6.07) is 15.5. The molecule has 0 amide bonds. The maximum Gasteiger partial charge on any atom is 0.253 e. The highest BCUT2D eigenvalue weighted by Gasteiger charge is 2.18. The zero-order valence-electron chi connectivity index (χ0n) is 18.9. The van der Waals surface area contributed by atoms with Gasteiger partial charge in [-0.3, -0.25) is 9.69 Å². The predicted octanol–water partition coefficient (Wildman–Crippen LogP) is 3.18. The van der Waals surface area contributed by atoms with E-state index < -0.39 is 0 Å². The molecule has 2 aromatic carbocycles. The Labute approximate surface area is 203 Å². The second kappa shape index (κ2) is 10.4. The van der Waals surface area contributed by atoms with E-state index in [9.17, 15) is 4.79 Å². The molecule has 2 aliphatic rings. The molecule has 0 aliphatic carbocycles. The summed E-state index contributed by atoms with van der Waals surface area (Å²) < 4.78 is 16.4. The fourth-order valence-electron chi connectivity index (χ4n) is 4.25. The van der Waals surface area contributed by atoms with E-state index in [0.717, 1.165) is 62.4 Å². The summed E-state index contributed by atoms with van der Waals surface area (Å²) >= 11 is 5.76. The van der Waals surface area contributed by atoms with Gasteiger partial charge < -0.3 is 29.4 Å². The number of thiocarbonyl (C=S) groups is 1. The molecule has 1 fully saturated rings. The Morgan fingerprint density at radius 2 is 1.85 bits per heavy atom. The van der Waals surface area contributed by atoms with Crippen LogP contribution in [0.1, 0.15) is 12.0 Å². The van der Waals surface area contributed by atoms with E-state index in [0.29, 0.717) is 28.7 Å². The quantitative estimate of drug-likeness (QED) is 0.500. The highest BCUT2D eigenvalue weighted by Crippen LogP contribution is 2.35. The highest BCUT2D eigenvalue weighted by molar-refractivity contribution is 7.80. The molecule has 2 N–H and O–H groups in total. The van der Waals surface area contributed by atoms with Gasteiger partial charge in [-0.05, 0) is 42.9 Å². The molecule has 5 rings (SSSR count). The molecule has 3 aromatic rings. The SMILES string of the molecule is O=c1[nH]c2cc3c(cc2cc1CN(CCCN1CCOCC1)C(=S)Nc1ccccc1)OCO3. The maximum absolute atomic E-state index is 12.9. The number of ether oxygens (including phenoxy) is 3. The van der Waals surface area contributed by atoms with Gasteiger partial charge in [-0.2, -0.15) is 0 Å². The molecule has 3 heterocycles. The first kappa shape index (κ1) is 22.6. The van der Waals surface area contributed by atoms with Gasteiger partial charge in [-0.1, -0.05) is 18.2 Å². The van der Waals surface area contributed by atoms with Gasteiger partial charge in [0.15, 0.2) is 16.6 Å². The van der Waals surface area contributed by atoms with E-state index in [1.54, 1.807) is 0 Å². The monoisotopic (exact) mass is 480 g/mol. The third-order valence-corrected chi connectivity index (χ3v) is 6.45. The normalized spacial score (nSPS) is 15.4. The molecule has 9 heteroatoms. The molecule has 0 saturated carbocycles. The molecular weight excluding hydrogens is 452 g/mol. The van der Waals surface area contributed by atoms with Gasteiger partial charge in [0.1, 0.15) is 0 Å². The number of aromatic amines is 1. The number of aromatic nitrogens is 1. The minimum absolute atomic E-state index is 0.132. The van der Waals surface area contributed by atoms with Crippen molar-refractivity contribution >= 4 is 33.9 Å². The van der Waals surface area contributed by atoms with Gasteiger partial charge in [0, 0.05) is 48.9 Å². The molecule has 0 radical (unpaired) electrons. The maximum atomic E-state index is 12.9. The summed E-state index contributed by atoms with van der Waals surface area (Å²) in [5.41, 5.74) is 2.16. The van der Waals surface area contributed by atoms with E-state index in [1.165, 1.54) is 0 Å². The number of fused-ring (bicyclic) bond motifs is 2. The first-order valence-corrected chi connectivity index (χ1v) is 11.9. The number of rotatable bonds is 7. The number of anilines is 1. The molecule has 8 nitrogen and oxygen atoms in total. The fourth-order valence-corrected chi connectivity index (χ4v) is 4.52. The van der Waals surface area contributed by atoms with Crippen LogP contribution in [0, 0.1) is 0 Å². The number of benzene rings is 2. The first-order chi connectivity index (χ1) is 16.7. The number of hydrogen-bond acceptors (Lipinski definition) is 6. The second-order valence-corrected chi connectivity index (χ2v) is 8.83. The van der Waals surface area contributed by atoms with Crippen LogP contribution in [-0.4, -0.2) is 66.1 Å². The molecule has 34 heavy (non-hydrogen) atoms. The number of H-pyrrole nitrogens is 1. The minimum atomic E-state index is -0.132. The van der Waals surface area contributed by atoms with Crippen molar-refractivity contribution in [2.45, 2.75) is 13.0 Å². The number of pyridine rings is 1. The van der Waals surface area contributed by atoms with Gasteiger partial charge in [0.25, 0.3) is 5.56 Å². The molecule has 1 saturated heterocycles. The summed E-state index contributed by atoms with van der Waals surface area (Å²) in [4.78, 5) is 20.4. The Bertz CT molecular complexity index is 1210. The van der Waals surface area contributed by atoms with Crippen molar-refractivity contribution in [3.63, 3.8) is 0 Å². The highest BCUT2D eigenvalue weighted by atomic mass is 32.1.